The van der Waals surface area contributed by atoms with Crippen molar-refractivity contribution in [1.82, 2.24) is 10.2 Å². The first kappa shape index (κ1) is 15.7. The zero-order valence-corrected chi connectivity index (χ0v) is 13.7. The number of rotatable bonds is 5. The van der Waals surface area contributed by atoms with Crippen molar-refractivity contribution in [2.75, 3.05) is 13.1 Å². The van der Waals surface area contributed by atoms with Gasteiger partial charge in [0.1, 0.15) is 6.04 Å². The van der Waals surface area contributed by atoms with Crippen molar-refractivity contribution >= 4 is 23.2 Å². The Hall–Kier alpha value is -2.14. The van der Waals surface area contributed by atoms with Gasteiger partial charge in [0, 0.05) is 19.5 Å². The lowest BCUT2D eigenvalue weighted by Gasteiger charge is -2.24. The molecule has 2 heterocycles. The molecule has 1 aromatic heterocycles. The number of benzene rings is 1. The van der Waals surface area contributed by atoms with Crippen molar-refractivity contribution in [2.45, 2.75) is 25.3 Å². The molecule has 1 atom stereocenters. The Kier molecular flexibility index (Phi) is 5.08. The van der Waals surface area contributed by atoms with Gasteiger partial charge >= 0.3 is 0 Å². The van der Waals surface area contributed by atoms with E-state index in [1.54, 1.807) is 6.07 Å². The Morgan fingerprint density at radius 3 is 2.48 bits per heavy atom. The normalized spacial score (nSPS) is 15.4. The predicted octanol–water partition coefficient (Wildman–Crippen LogP) is 2.71. The van der Waals surface area contributed by atoms with Gasteiger partial charge in [-0.15, -0.1) is 11.3 Å². The second-order valence-electron chi connectivity index (χ2n) is 5.73. The number of nitrogens with zero attached hydrogens (tertiary/aromatic N) is 1. The van der Waals surface area contributed by atoms with Crippen molar-refractivity contribution in [3.63, 3.8) is 0 Å². The lowest BCUT2D eigenvalue weighted by atomic mass is 10.0. The fourth-order valence-electron chi connectivity index (χ4n) is 2.84. The van der Waals surface area contributed by atoms with Crippen LogP contribution >= 0.6 is 11.3 Å². The smallest absolute Gasteiger partial charge is 0.262 e. The van der Waals surface area contributed by atoms with E-state index in [0.717, 1.165) is 31.5 Å². The molecule has 120 valence electrons. The predicted molar refractivity (Wildman–Crippen MR) is 91.5 cm³/mol. The third kappa shape index (κ3) is 3.99. The monoisotopic (exact) mass is 328 g/mol. The highest BCUT2D eigenvalue weighted by molar-refractivity contribution is 7.12. The van der Waals surface area contributed by atoms with E-state index in [-0.39, 0.29) is 11.8 Å². The molecule has 1 fully saturated rings. The topological polar surface area (TPSA) is 49.4 Å². The molecule has 1 N–H and O–H groups in total. The lowest BCUT2D eigenvalue weighted by Crippen LogP contribution is -2.48. The van der Waals surface area contributed by atoms with Gasteiger partial charge in [0.05, 0.1) is 4.88 Å². The van der Waals surface area contributed by atoms with Crippen LogP contribution in [0.1, 0.15) is 28.1 Å². The van der Waals surface area contributed by atoms with Crippen LogP contribution in [0.15, 0.2) is 47.8 Å². The molecule has 3 rings (SSSR count). The highest BCUT2D eigenvalue weighted by atomic mass is 32.1. The maximum Gasteiger partial charge on any atom is 0.262 e. The largest absolute Gasteiger partial charge is 0.341 e. The Morgan fingerprint density at radius 2 is 1.83 bits per heavy atom. The second kappa shape index (κ2) is 7.42. The molecule has 0 saturated carbocycles. The van der Waals surface area contributed by atoms with Crippen LogP contribution in [-0.2, 0) is 11.2 Å². The number of nitrogens with one attached hydrogen (secondary N) is 1. The number of hydrogen-bond donors (Lipinski definition) is 1. The quantitative estimate of drug-likeness (QED) is 0.917. The molecular weight excluding hydrogens is 308 g/mol. The minimum atomic E-state index is -0.509. The van der Waals surface area contributed by atoms with Gasteiger partial charge in [0.25, 0.3) is 5.91 Å². The van der Waals surface area contributed by atoms with E-state index < -0.39 is 6.04 Å². The Morgan fingerprint density at radius 1 is 1.09 bits per heavy atom. The van der Waals surface area contributed by atoms with E-state index in [2.05, 4.69) is 5.32 Å². The lowest BCUT2D eigenvalue weighted by molar-refractivity contribution is -0.132. The Balaban J connectivity index is 1.74. The zero-order valence-electron chi connectivity index (χ0n) is 12.9. The van der Waals surface area contributed by atoms with Crippen molar-refractivity contribution in [3.8, 4) is 0 Å². The van der Waals surface area contributed by atoms with E-state index in [9.17, 15) is 9.59 Å². The first-order valence-corrected chi connectivity index (χ1v) is 8.79. The number of amides is 2. The fraction of sp³-hybridized carbons (Fsp3) is 0.333. The van der Waals surface area contributed by atoms with Gasteiger partial charge in [-0.2, -0.15) is 0 Å². The van der Waals surface area contributed by atoms with Gasteiger partial charge in [-0.1, -0.05) is 36.4 Å². The fourth-order valence-corrected chi connectivity index (χ4v) is 3.47. The van der Waals surface area contributed by atoms with Crippen LogP contribution < -0.4 is 5.32 Å². The van der Waals surface area contributed by atoms with Crippen molar-refractivity contribution in [1.29, 1.82) is 0 Å². The summed E-state index contributed by atoms with van der Waals surface area (Å²) in [6.07, 6.45) is 2.61. The summed E-state index contributed by atoms with van der Waals surface area (Å²) in [6, 6.07) is 12.9. The first-order valence-electron chi connectivity index (χ1n) is 7.91. The number of likely N-dealkylation sites (tertiary alicyclic amines) is 1. The molecule has 1 aromatic carbocycles. The van der Waals surface area contributed by atoms with E-state index in [0.29, 0.717) is 11.3 Å². The van der Waals surface area contributed by atoms with E-state index >= 15 is 0 Å². The summed E-state index contributed by atoms with van der Waals surface area (Å²) in [5, 5.41) is 4.79. The molecule has 0 radical (unpaired) electrons. The molecule has 0 spiro atoms. The highest BCUT2D eigenvalue weighted by Gasteiger charge is 2.28. The SMILES string of the molecule is O=C(N[C@@H](Cc1ccccc1)C(=O)N1CCCC1)c1cccs1. The molecule has 5 heteroatoms. The van der Waals surface area contributed by atoms with E-state index in [4.69, 9.17) is 0 Å². The van der Waals surface area contributed by atoms with E-state index in [1.807, 2.05) is 46.7 Å². The average Bonchev–Trinajstić information content (AvgIpc) is 3.27. The van der Waals surface area contributed by atoms with Gasteiger partial charge in [0.2, 0.25) is 5.91 Å². The number of thiophene rings is 1. The van der Waals surface area contributed by atoms with Gasteiger partial charge < -0.3 is 10.2 Å². The summed E-state index contributed by atoms with van der Waals surface area (Å²) < 4.78 is 0. The van der Waals surface area contributed by atoms with Crippen LogP contribution in [0.3, 0.4) is 0 Å². The summed E-state index contributed by atoms with van der Waals surface area (Å²) in [5.41, 5.74) is 1.05. The second-order valence-corrected chi connectivity index (χ2v) is 6.67. The molecule has 4 nitrogen and oxygen atoms in total. The summed E-state index contributed by atoms with van der Waals surface area (Å²) >= 11 is 1.39. The summed E-state index contributed by atoms with van der Waals surface area (Å²) in [5.74, 6) is -0.148. The summed E-state index contributed by atoms with van der Waals surface area (Å²) in [4.78, 5) is 27.6. The van der Waals surface area contributed by atoms with Crippen molar-refractivity contribution in [3.05, 3.63) is 58.3 Å². The number of carbonyl (C=O) groups excluding carboxylic acids is 2. The van der Waals surface area contributed by atoms with E-state index in [1.165, 1.54) is 11.3 Å². The van der Waals surface area contributed by atoms with Gasteiger partial charge in [0.15, 0.2) is 0 Å². The van der Waals surface area contributed by atoms with Gasteiger partial charge in [-0.25, -0.2) is 0 Å². The number of carbonyl (C=O) groups is 2. The van der Waals surface area contributed by atoms with Crippen LogP contribution in [0.5, 0.6) is 0 Å². The number of hydrogen-bond acceptors (Lipinski definition) is 3. The molecular formula is C18H20N2O2S. The Labute approximate surface area is 140 Å². The standard InChI is InChI=1S/C18H20N2O2S/c21-17(16-9-6-12-23-16)19-15(13-14-7-2-1-3-8-14)18(22)20-10-4-5-11-20/h1-3,6-9,12,15H,4-5,10-11,13H2,(H,19,21)/t15-/m0/s1. The molecule has 23 heavy (non-hydrogen) atoms. The molecule has 1 aliphatic rings. The van der Waals surface area contributed by atoms with Crippen LogP contribution in [0.2, 0.25) is 0 Å². The Bertz CT molecular complexity index is 649. The van der Waals surface area contributed by atoms with Gasteiger partial charge in [-0.3, -0.25) is 9.59 Å². The first-order chi connectivity index (χ1) is 11.2. The maximum absolute atomic E-state index is 12.8. The van der Waals surface area contributed by atoms with Crippen LogP contribution in [0, 0.1) is 0 Å². The molecule has 0 bridgehead atoms. The van der Waals surface area contributed by atoms with Crippen molar-refractivity contribution < 1.29 is 9.59 Å². The minimum absolute atomic E-state index is 0.0243. The third-order valence-corrected chi connectivity index (χ3v) is 4.92. The third-order valence-electron chi connectivity index (χ3n) is 4.05. The highest BCUT2D eigenvalue weighted by Crippen LogP contribution is 2.14. The van der Waals surface area contributed by atoms with Gasteiger partial charge in [-0.05, 0) is 29.9 Å². The van der Waals surface area contributed by atoms with Crippen LogP contribution in [0.25, 0.3) is 0 Å². The van der Waals surface area contributed by atoms with Crippen LogP contribution in [-0.4, -0.2) is 35.8 Å². The molecule has 1 saturated heterocycles. The van der Waals surface area contributed by atoms with Crippen LogP contribution in [0.4, 0.5) is 0 Å². The summed E-state index contributed by atoms with van der Waals surface area (Å²) in [7, 11) is 0. The molecule has 0 aliphatic carbocycles. The zero-order chi connectivity index (χ0) is 16.1. The minimum Gasteiger partial charge on any atom is -0.341 e. The maximum atomic E-state index is 12.8. The molecule has 0 unspecified atom stereocenters. The molecule has 1 aliphatic heterocycles. The summed E-state index contributed by atoms with van der Waals surface area (Å²) in [6.45, 7) is 1.58. The molecule has 2 amide bonds. The molecule has 2 aromatic rings. The average molecular weight is 328 g/mol. The van der Waals surface area contributed by atoms with Crippen molar-refractivity contribution in [2.24, 2.45) is 0 Å².